The molecule has 27 heavy (non-hydrogen) atoms. The smallest absolute Gasteiger partial charge is 0.313 e. The highest BCUT2D eigenvalue weighted by atomic mass is 16.5. The van der Waals surface area contributed by atoms with Crippen LogP contribution in [0.1, 0.15) is 13.8 Å². The van der Waals surface area contributed by atoms with Crippen molar-refractivity contribution in [3.63, 3.8) is 0 Å². The Balaban J connectivity index is 1.78. The van der Waals surface area contributed by atoms with E-state index in [0.717, 1.165) is 5.75 Å². The molecule has 0 unspecified atom stereocenters. The first-order valence-corrected chi connectivity index (χ1v) is 8.61. The number of rotatable bonds is 8. The first kappa shape index (κ1) is 20.1. The van der Waals surface area contributed by atoms with Gasteiger partial charge in [0.05, 0.1) is 25.4 Å². The molecule has 2 amide bonds. The van der Waals surface area contributed by atoms with E-state index in [-0.39, 0.29) is 19.3 Å². The zero-order valence-electron chi connectivity index (χ0n) is 15.7. The molecule has 0 fully saturated rings. The lowest BCUT2D eigenvalue weighted by atomic mass is 10.3. The Morgan fingerprint density at radius 2 is 1.63 bits per heavy atom. The maximum atomic E-state index is 12.1. The third-order valence-corrected chi connectivity index (χ3v) is 3.42. The van der Waals surface area contributed by atoms with Crippen molar-refractivity contribution in [2.45, 2.75) is 20.0 Å². The molecule has 0 aliphatic carbocycles. The zero-order valence-corrected chi connectivity index (χ0v) is 15.7. The number of nitrogens with one attached hydrogen (secondary N) is 2. The van der Waals surface area contributed by atoms with Crippen molar-refractivity contribution in [1.82, 2.24) is 5.32 Å². The molecule has 0 bridgehead atoms. The standard InChI is InChI=1S/C20H24N2O5/c1-14(2)27-18-7-5-4-6-17(18)22-20(24)19(23)21-12-13-26-16-10-8-15(25-3)9-11-16/h4-11,14H,12-13H2,1-3H3,(H,21,23)(H,22,24). The van der Waals surface area contributed by atoms with Crippen molar-refractivity contribution in [2.75, 3.05) is 25.6 Å². The number of carbonyl (C=O) groups excluding carboxylic acids is 2. The molecule has 0 spiro atoms. The quantitative estimate of drug-likeness (QED) is 0.550. The number of anilines is 1. The number of carbonyl (C=O) groups is 2. The molecule has 2 aromatic carbocycles. The molecule has 7 heteroatoms. The molecule has 0 aliphatic heterocycles. The number of hydrogen-bond donors (Lipinski definition) is 2. The van der Waals surface area contributed by atoms with Gasteiger partial charge in [0.2, 0.25) is 0 Å². The average Bonchev–Trinajstić information content (AvgIpc) is 2.66. The summed E-state index contributed by atoms with van der Waals surface area (Å²) in [5.74, 6) is 0.381. The van der Waals surface area contributed by atoms with Gasteiger partial charge in [-0.3, -0.25) is 9.59 Å². The van der Waals surface area contributed by atoms with E-state index in [1.165, 1.54) is 0 Å². The van der Waals surface area contributed by atoms with Crippen LogP contribution in [-0.2, 0) is 9.59 Å². The predicted molar refractivity (Wildman–Crippen MR) is 102 cm³/mol. The first-order valence-electron chi connectivity index (χ1n) is 8.61. The fourth-order valence-electron chi connectivity index (χ4n) is 2.19. The lowest BCUT2D eigenvalue weighted by Gasteiger charge is -2.14. The van der Waals surface area contributed by atoms with Crippen LogP contribution < -0.4 is 24.8 Å². The molecule has 0 radical (unpaired) electrons. The second-order valence-corrected chi connectivity index (χ2v) is 5.90. The van der Waals surface area contributed by atoms with Crippen LogP contribution in [0, 0.1) is 0 Å². The van der Waals surface area contributed by atoms with Crippen molar-refractivity contribution >= 4 is 17.5 Å². The van der Waals surface area contributed by atoms with Gasteiger partial charge in [-0.1, -0.05) is 12.1 Å². The lowest BCUT2D eigenvalue weighted by Crippen LogP contribution is -2.37. The van der Waals surface area contributed by atoms with Crippen molar-refractivity contribution < 1.29 is 23.8 Å². The minimum absolute atomic E-state index is 0.0491. The van der Waals surface area contributed by atoms with Gasteiger partial charge in [0.1, 0.15) is 23.9 Å². The SMILES string of the molecule is COc1ccc(OCCNC(=O)C(=O)Nc2ccccc2OC(C)C)cc1. The van der Waals surface area contributed by atoms with Crippen LogP contribution in [-0.4, -0.2) is 38.2 Å². The number of hydrogen-bond acceptors (Lipinski definition) is 5. The molecule has 0 aliphatic rings. The van der Waals surface area contributed by atoms with Gasteiger partial charge in [-0.2, -0.15) is 0 Å². The van der Waals surface area contributed by atoms with Crippen LogP contribution in [0.2, 0.25) is 0 Å². The topological polar surface area (TPSA) is 85.9 Å². The summed E-state index contributed by atoms with van der Waals surface area (Å²) >= 11 is 0. The van der Waals surface area contributed by atoms with Gasteiger partial charge in [0.15, 0.2) is 0 Å². The lowest BCUT2D eigenvalue weighted by molar-refractivity contribution is -0.136. The third kappa shape index (κ3) is 6.54. The van der Waals surface area contributed by atoms with Gasteiger partial charge < -0.3 is 24.8 Å². The van der Waals surface area contributed by atoms with Crippen LogP contribution in [0.25, 0.3) is 0 Å². The van der Waals surface area contributed by atoms with Crippen LogP contribution in [0.3, 0.4) is 0 Å². The molecule has 2 aromatic rings. The largest absolute Gasteiger partial charge is 0.497 e. The monoisotopic (exact) mass is 372 g/mol. The summed E-state index contributed by atoms with van der Waals surface area (Å²) in [5.41, 5.74) is 0.445. The minimum atomic E-state index is -0.765. The predicted octanol–water partition coefficient (Wildman–Crippen LogP) is 2.62. The second-order valence-electron chi connectivity index (χ2n) is 5.90. The molecule has 2 N–H and O–H groups in total. The summed E-state index contributed by atoms with van der Waals surface area (Å²) in [5, 5.41) is 5.07. The van der Waals surface area contributed by atoms with Gasteiger partial charge in [-0.05, 0) is 50.2 Å². The van der Waals surface area contributed by atoms with Gasteiger partial charge in [-0.15, -0.1) is 0 Å². The van der Waals surface area contributed by atoms with Crippen LogP contribution in [0.5, 0.6) is 17.2 Å². The van der Waals surface area contributed by atoms with E-state index in [1.807, 2.05) is 13.8 Å². The van der Waals surface area contributed by atoms with E-state index < -0.39 is 11.8 Å². The van der Waals surface area contributed by atoms with Gasteiger partial charge in [0.25, 0.3) is 0 Å². The minimum Gasteiger partial charge on any atom is -0.497 e. The fraction of sp³-hybridized carbons (Fsp3) is 0.300. The zero-order chi connectivity index (χ0) is 19.6. The molecule has 0 saturated heterocycles. The molecule has 0 aromatic heterocycles. The van der Waals surface area contributed by atoms with Crippen LogP contribution in [0.4, 0.5) is 5.69 Å². The van der Waals surface area contributed by atoms with Gasteiger partial charge in [-0.25, -0.2) is 0 Å². The summed E-state index contributed by atoms with van der Waals surface area (Å²) in [4.78, 5) is 24.0. The van der Waals surface area contributed by atoms with E-state index in [2.05, 4.69) is 10.6 Å². The Labute approximate surface area is 158 Å². The fourth-order valence-corrected chi connectivity index (χ4v) is 2.19. The molecule has 0 atom stereocenters. The summed E-state index contributed by atoms with van der Waals surface area (Å²) in [6.45, 7) is 4.20. The molecular formula is C20H24N2O5. The maximum Gasteiger partial charge on any atom is 0.313 e. The summed E-state index contributed by atoms with van der Waals surface area (Å²) in [6.07, 6.45) is -0.0491. The summed E-state index contributed by atoms with van der Waals surface area (Å²) in [6, 6.07) is 14.0. The number of ether oxygens (including phenoxy) is 3. The summed E-state index contributed by atoms with van der Waals surface area (Å²) in [7, 11) is 1.59. The Morgan fingerprint density at radius 3 is 2.30 bits per heavy atom. The Bertz CT molecular complexity index is 759. The maximum absolute atomic E-state index is 12.1. The van der Waals surface area contributed by atoms with E-state index in [4.69, 9.17) is 14.2 Å². The van der Waals surface area contributed by atoms with Crippen molar-refractivity contribution in [3.8, 4) is 17.2 Å². The molecular weight excluding hydrogens is 348 g/mol. The Morgan fingerprint density at radius 1 is 0.963 bits per heavy atom. The molecule has 7 nitrogen and oxygen atoms in total. The molecule has 144 valence electrons. The highest BCUT2D eigenvalue weighted by Gasteiger charge is 2.15. The number of benzene rings is 2. The highest BCUT2D eigenvalue weighted by Crippen LogP contribution is 2.24. The van der Waals surface area contributed by atoms with E-state index in [1.54, 1.807) is 55.6 Å². The number of amides is 2. The second kappa shape index (κ2) is 10.1. The van der Waals surface area contributed by atoms with Crippen molar-refractivity contribution in [1.29, 1.82) is 0 Å². The number of methoxy groups -OCH3 is 1. The average molecular weight is 372 g/mol. The van der Waals surface area contributed by atoms with Crippen molar-refractivity contribution in [2.24, 2.45) is 0 Å². The van der Waals surface area contributed by atoms with Gasteiger partial charge >= 0.3 is 11.8 Å². The molecule has 2 rings (SSSR count). The third-order valence-electron chi connectivity index (χ3n) is 3.42. The van der Waals surface area contributed by atoms with Gasteiger partial charge in [0, 0.05) is 0 Å². The highest BCUT2D eigenvalue weighted by molar-refractivity contribution is 6.39. The number of para-hydroxylation sites is 2. The van der Waals surface area contributed by atoms with Crippen LogP contribution in [0.15, 0.2) is 48.5 Å². The molecule has 0 saturated carbocycles. The normalized spacial score (nSPS) is 10.2. The first-order chi connectivity index (χ1) is 13.0. The van der Waals surface area contributed by atoms with E-state index in [0.29, 0.717) is 17.2 Å². The van der Waals surface area contributed by atoms with Crippen LogP contribution >= 0.6 is 0 Å². The van der Waals surface area contributed by atoms with E-state index in [9.17, 15) is 9.59 Å². The Hall–Kier alpha value is -3.22. The Kier molecular flexibility index (Phi) is 7.49. The van der Waals surface area contributed by atoms with Crippen molar-refractivity contribution in [3.05, 3.63) is 48.5 Å². The summed E-state index contributed by atoms with van der Waals surface area (Å²) < 4.78 is 16.2. The van der Waals surface area contributed by atoms with E-state index >= 15 is 0 Å². The molecule has 0 heterocycles.